The van der Waals surface area contributed by atoms with Gasteiger partial charge in [-0.25, -0.2) is 13.1 Å². The summed E-state index contributed by atoms with van der Waals surface area (Å²) in [6, 6.07) is 12.2. The number of amides is 1. The number of sulfonamides is 1. The van der Waals surface area contributed by atoms with Crippen LogP contribution in [0.2, 0.25) is 0 Å². The Hall–Kier alpha value is -2.03. The molecule has 0 aromatic heterocycles. The lowest BCUT2D eigenvalue weighted by molar-refractivity contribution is -0.116. The molecule has 1 aliphatic heterocycles. The van der Waals surface area contributed by atoms with Gasteiger partial charge in [0.05, 0.1) is 17.2 Å². The van der Waals surface area contributed by atoms with Crippen LogP contribution in [0.25, 0.3) is 0 Å². The monoisotopic (exact) mass is 406 g/mol. The number of nitrogens with zero attached hydrogens (tertiary/aromatic N) is 1. The van der Waals surface area contributed by atoms with E-state index in [-0.39, 0.29) is 17.3 Å². The van der Waals surface area contributed by atoms with E-state index in [1.54, 1.807) is 34.9 Å². The fourth-order valence-electron chi connectivity index (χ4n) is 2.89. The lowest BCUT2D eigenvalue weighted by Crippen LogP contribution is -2.33. The van der Waals surface area contributed by atoms with Gasteiger partial charge < -0.3 is 9.64 Å². The summed E-state index contributed by atoms with van der Waals surface area (Å²) in [5, 5.41) is 0. The predicted octanol–water partition coefficient (Wildman–Crippen LogP) is 3.02. The second-order valence-corrected chi connectivity index (χ2v) is 8.92. The molecule has 0 saturated heterocycles. The minimum Gasteiger partial charge on any atom is -0.494 e. The van der Waals surface area contributed by atoms with Gasteiger partial charge in [-0.3, -0.25) is 4.79 Å². The molecule has 3 rings (SSSR count). The van der Waals surface area contributed by atoms with E-state index in [4.69, 9.17) is 4.74 Å². The Morgan fingerprint density at radius 3 is 2.78 bits per heavy atom. The summed E-state index contributed by atoms with van der Waals surface area (Å²) in [6.45, 7) is 4.58. The minimum atomic E-state index is -3.73. The first kappa shape index (κ1) is 19.7. The summed E-state index contributed by atoms with van der Waals surface area (Å²) in [5.74, 6) is 1.36. The van der Waals surface area contributed by atoms with E-state index in [0.717, 1.165) is 16.2 Å². The van der Waals surface area contributed by atoms with Gasteiger partial charge in [0.15, 0.2) is 0 Å². The molecule has 0 atom stereocenters. The van der Waals surface area contributed by atoms with Crippen LogP contribution in [0.1, 0.15) is 19.4 Å². The van der Waals surface area contributed by atoms with Crippen LogP contribution in [0.5, 0.6) is 5.75 Å². The Bertz CT molecular complexity index is 944. The Morgan fingerprint density at radius 1 is 1.26 bits per heavy atom. The van der Waals surface area contributed by atoms with Crippen LogP contribution in [-0.2, 0) is 21.4 Å². The Kier molecular flexibility index (Phi) is 6.08. The standard InChI is InChI=1S/C19H22N2O4S2/c1-3-25-18-7-5-4-6-15(18)13-20-27(23,24)16-8-9-19-17(12-16)21(14(2)22)10-11-26-19/h4-9,12,20H,3,10-11,13H2,1-2H3. The molecule has 1 aliphatic rings. The van der Waals surface area contributed by atoms with Crippen molar-refractivity contribution in [1.29, 1.82) is 0 Å². The van der Waals surface area contributed by atoms with Crippen LogP contribution in [0, 0.1) is 0 Å². The summed E-state index contributed by atoms with van der Waals surface area (Å²) >= 11 is 1.62. The lowest BCUT2D eigenvalue weighted by Gasteiger charge is -2.28. The molecule has 144 valence electrons. The van der Waals surface area contributed by atoms with Gasteiger partial charge in [-0.05, 0) is 31.2 Å². The molecule has 0 spiro atoms. The zero-order valence-electron chi connectivity index (χ0n) is 15.3. The first-order valence-electron chi connectivity index (χ1n) is 8.67. The van der Waals surface area contributed by atoms with Gasteiger partial charge in [0, 0.05) is 36.2 Å². The van der Waals surface area contributed by atoms with Crippen molar-refractivity contribution in [3.8, 4) is 5.75 Å². The Balaban J connectivity index is 1.84. The highest BCUT2D eigenvalue weighted by atomic mass is 32.2. The molecule has 1 N–H and O–H groups in total. The minimum absolute atomic E-state index is 0.0929. The number of carbonyl (C=O) groups excluding carboxylic acids is 1. The van der Waals surface area contributed by atoms with Crippen molar-refractivity contribution in [2.45, 2.75) is 30.2 Å². The van der Waals surface area contributed by atoms with E-state index in [9.17, 15) is 13.2 Å². The van der Waals surface area contributed by atoms with Crippen molar-refractivity contribution in [1.82, 2.24) is 4.72 Å². The normalized spacial score (nSPS) is 13.9. The zero-order valence-corrected chi connectivity index (χ0v) is 16.9. The van der Waals surface area contributed by atoms with Gasteiger partial charge in [0.2, 0.25) is 15.9 Å². The number of hydrogen-bond donors (Lipinski definition) is 1. The van der Waals surface area contributed by atoms with Crippen LogP contribution in [0.15, 0.2) is 52.3 Å². The van der Waals surface area contributed by atoms with Gasteiger partial charge in [0.25, 0.3) is 0 Å². The topological polar surface area (TPSA) is 75.7 Å². The smallest absolute Gasteiger partial charge is 0.240 e. The molecule has 6 nitrogen and oxygen atoms in total. The Morgan fingerprint density at radius 2 is 2.04 bits per heavy atom. The molecule has 0 fully saturated rings. The number of benzene rings is 2. The van der Waals surface area contributed by atoms with Crippen molar-refractivity contribution in [3.05, 3.63) is 48.0 Å². The molecule has 0 saturated carbocycles. The number of hydrogen-bond acceptors (Lipinski definition) is 5. The fraction of sp³-hybridized carbons (Fsp3) is 0.316. The molecule has 1 amide bonds. The number of rotatable bonds is 6. The van der Waals surface area contributed by atoms with E-state index in [0.29, 0.717) is 24.6 Å². The number of ether oxygens (including phenoxy) is 1. The summed E-state index contributed by atoms with van der Waals surface area (Å²) in [4.78, 5) is 14.5. The molecule has 2 aromatic rings. The first-order chi connectivity index (χ1) is 12.9. The summed E-state index contributed by atoms with van der Waals surface area (Å²) in [7, 11) is -3.73. The molecular weight excluding hydrogens is 384 g/mol. The van der Waals surface area contributed by atoms with Crippen LogP contribution in [0.3, 0.4) is 0 Å². The van der Waals surface area contributed by atoms with E-state index in [1.165, 1.54) is 6.92 Å². The molecule has 0 aliphatic carbocycles. The number of nitrogens with one attached hydrogen (secondary N) is 1. The van der Waals surface area contributed by atoms with Crippen molar-refractivity contribution in [3.63, 3.8) is 0 Å². The SMILES string of the molecule is CCOc1ccccc1CNS(=O)(=O)c1ccc2c(c1)N(C(C)=O)CCS2. The van der Waals surface area contributed by atoms with Crippen LogP contribution in [-0.4, -0.2) is 33.2 Å². The fourth-order valence-corrected chi connectivity index (χ4v) is 4.90. The molecule has 0 bridgehead atoms. The number of fused-ring (bicyclic) bond motifs is 1. The second-order valence-electron chi connectivity index (χ2n) is 6.01. The van der Waals surface area contributed by atoms with Crippen molar-refractivity contribution < 1.29 is 17.9 Å². The van der Waals surface area contributed by atoms with E-state index < -0.39 is 10.0 Å². The van der Waals surface area contributed by atoms with Gasteiger partial charge in [0.1, 0.15) is 5.75 Å². The maximum atomic E-state index is 12.8. The van der Waals surface area contributed by atoms with E-state index >= 15 is 0 Å². The molecule has 0 unspecified atom stereocenters. The molecule has 8 heteroatoms. The van der Waals surface area contributed by atoms with Crippen LogP contribution in [0.4, 0.5) is 5.69 Å². The largest absolute Gasteiger partial charge is 0.494 e. The predicted molar refractivity (Wildman–Crippen MR) is 107 cm³/mol. The third-order valence-electron chi connectivity index (χ3n) is 4.21. The molecule has 0 radical (unpaired) electrons. The third kappa shape index (κ3) is 4.45. The summed E-state index contributed by atoms with van der Waals surface area (Å²) in [6.07, 6.45) is 0. The number of thioether (sulfide) groups is 1. The first-order valence-corrected chi connectivity index (χ1v) is 11.1. The average molecular weight is 407 g/mol. The van der Waals surface area contributed by atoms with Crippen LogP contribution >= 0.6 is 11.8 Å². The van der Waals surface area contributed by atoms with Crippen molar-refractivity contribution in [2.24, 2.45) is 0 Å². The summed E-state index contributed by atoms with van der Waals surface area (Å²) < 4.78 is 33.7. The highest BCUT2D eigenvalue weighted by molar-refractivity contribution is 7.99. The quantitative estimate of drug-likeness (QED) is 0.798. The number of anilines is 1. The van der Waals surface area contributed by atoms with Gasteiger partial charge in [-0.15, -0.1) is 11.8 Å². The van der Waals surface area contributed by atoms with Gasteiger partial charge in [-0.2, -0.15) is 0 Å². The number of carbonyl (C=O) groups is 1. The third-order valence-corrected chi connectivity index (χ3v) is 6.65. The molecule has 27 heavy (non-hydrogen) atoms. The van der Waals surface area contributed by atoms with Crippen molar-refractivity contribution >= 4 is 33.4 Å². The second kappa shape index (κ2) is 8.33. The van der Waals surface area contributed by atoms with E-state index in [2.05, 4.69) is 4.72 Å². The maximum Gasteiger partial charge on any atom is 0.240 e. The number of para-hydroxylation sites is 1. The summed E-state index contributed by atoms with van der Waals surface area (Å²) in [5.41, 5.74) is 1.41. The average Bonchev–Trinajstić information content (AvgIpc) is 2.66. The van der Waals surface area contributed by atoms with Crippen molar-refractivity contribution in [2.75, 3.05) is 23.8 Å². The molecule has 1 heterocycles. The highest BCUT2D eigenvalue weighted by Gasteiger charge is 2.24. The van der Waals surface area contributed by atoms with Gasteiger partial charge in [-0.1, -0.05) is 18.2 Å². The molecular formula is C19H22N2O4S2. The highest BCUT2D eigenvalue weighted by Crippen LogP contribution is 2.36. The Labute approximate surface area is 164 Å². The van der Waals surface area contributed by atoms with Gasteiger partial charge >= 0.3 is 0 Å². The van der Waals surface area contributed by atoms with Crippen LogP contribution < -0.4 is 14.4 Å². The van der Waals surface area contributed by atoms with E-state index in [1.807, 2.05) is 31.2 Å². The zero-order chi connectivity index (χ0) is 19.4. The lowest BCUT2D eigenvalue weighted by atomic mass is 10.2. The maximum absolute atomic E-state index is 12.8. The molecule has 2 aromatic carbocycles.